The zero-order valence-electron chi connectivity index (χ0n) is 16.8. The molecular formula is C24H19NO5S. The molecule has 1 N–H and O–H groups in total. The first-order valence-electron chi connectivity index (χ1n) is 9.78. The number of benzene rings is 2. The largest absolute Gasteiger partial charge is 0.465 e. The van der Waals surface area contributed by atoms with Gasteiger partial charge < -0.3 is 10.1 Å². The van der Waals surface area contributed by atoms with E-state index in [0.29, 0.717) is 21.7 Å². The molecule has 1 aliphatic carbocycles. The second-order valence-corrected chi connectivity index (χ2v) is 8.21. The summed E-state index contributed by atoms with van der Waals surface area (Å²) in [5.41, 5.74) is 2.21. The number of ether oxygens (including phenoxy) is 1. The number of rotatable bonds is 6. The van der Waals surface area contributed by atoms with Crippen molar-refractivity contribution in [2.45, 2.75) is 19.3 Å². The molecule has 2 aromatic carbocycles. The number of Topliss-reactive ketones (excluding diaryl/α,β-unsaturated/α-hetero) is 2. The van der Waals surface area contributed by atoms with E-state index in [0.717, 1.165) is 29.7 Å². The number of hydrogen-bond donors (Lipinski definition) is 1. The second kappa shape index (κ2) is 8.65. The van der Waals surface area contributed by atoms with Gasteiger partial charge in [0.1, 0.15) is 5.00 Å². The van der Waals surface area contributed by atoms with Gasteiger partial charge in [-0.2, -0.15) is 0 Å². The predicted octanol–water partition coefficient (Wildman–Crippen LogP) is 4.34. The Bertz CT molecular complexity index is 1180. The molecule has 1 amide bonds. The first-order valence-corrected chi connectivity index (χ1v) is 10.6. The van der Waals surface area contributed by atoms with E-state index in [4.69, 9.17) is 4.74 Å². The van der Waals surface area contributed by atoms with Crippen molar-refractivity contribution in [2.24, 2.45) is 0 Å². The van der Waals surface area contributed by atoms with E-state index in [1.54, 1.807) is 30.3 Å². The SMILES string of the molecule is COC(=O)c1c(NC(=O)c2ccc(C(=O)C(=O)c3ccccc3)cc2)sc2c1CCC2. The number of aryl methyl sites for hydroxylation is 1. The minimum absolute atomic E-state index is 0.204. The Kier molecular flexibility index (Phi) is 5.77. The van der Waals surface area contributed by atoms with Crippen LogP contribution in [-0.2, 0) is 17.6 Å². The van der Waals surface area contributed by atoms with Crippen LogP contribution in [0.2, 0.25) is 0 Å². The number of thiophene rings is 1. The lowest BCUT2D eigenvalue weighted by Crippen LogP contribution is -2.16. The van der Waals surface area contributed by atoms with E-state index in [-0.39, 0.29) is 5.56 Å². The van der Waals surface area contributed by atoms with Crippen LogP contribution in [0.3, 0.4) is 0 Å². The molecule has 1 aliphatic rings. The molecule has 0 atom stereocenters. The molecule has 31 heavy (non-hydrogen) atoms. The highest BCUT2D eigenvalue weighted by Gasteiger charge is 2.28. The Morgan fingerprint density at radius 2 is 1.45 bits per heavy atom. The summed E-state index contributed by atoms with van der Waals surface area (Å²) in [5.74, 6) is -2.11. The van der Waals surface area contributed by atoms with E-state index in [9.17, 15) is 19.2 Å². The highest BCUT2D eigenvalue weighted by atomic mass is 32.1. The van der Waals surface area contributed by atoms with Crippen molar-refractivity contribution >= 4 is 39.8 Å². The van der Waals surface area contributed by atoms with Crippen LogP contribution in [0.1, 0.15) is 58.3 Å². The van der Waals surface area contributed by atoms with Gasteiger partial charge in [-0.25, -0.2) is 4.79 Å². The Balaban J connectivity index is 1.52. The standard InChI is InChI=1S/C24H19NO5S/c1-30-24(29)19-17-8-5-9-18(17)31-23(19)25-22(28)16-12-10-15(11-13-16)21(27)20(26)14-6-3-2-4-7-14/h2-4,6-7,10-13H,5,8-9H2,1H3,(H,25,28). The maximum atomic E-state index is 12.7. The molecule has 0 saturated carbocycles. The van der Waals surface area contributed by atoms with Gasteiger partial charge in [0.2, 0.25) is 11.6 Å². The quantitative estimate of drug-likeness (QED) is 0.355. The molecule has 1 heterocycles. The fourth-order valence-electron chi connectivity index (χ4n) is 3.61. The summed E-state index contributed by atoms with van der Waals surface area (Å²) in [7, 11) is 1.32. The van der Waals surface area contributed by atoms with E-state index < -0.39 is 23.4 Å². The third-order valence-electron chi connectivity index (χ3n) is 5.19. The summed E-state index contributed by atoms with van der Waals surface area (Å²) in [4.78, 5) is 50.8. The maximum absolute atomic E-state index is 12.7. The lowest BCUT2D eigenvalue weighted by atomic mass is 10.0. The summed E-state index contributed by atoms with van der Waals surface area (Å²) >= 11 is 1.39. The van der Waals surface area contributed by atoms with Crippen molar-refractivity contribution in [2.75, 3.05) is 12.4 Å². The molecule has 7 heteroatoms. The van der Waals surface area contributed by atoms with Crippen LogP contribution in [0.4, 0.5) is 5.00 Å². The monoisotopic (exact) mass is 433 g/mol. The number of carbonyl (C=O) groups is 4. The minimum Gasteiger partial charge on any atom is -0.465 e. The predicted molar refractivity (Wildman–Crippen MR) is 117 cm³/mol. The summed E-state index contributed by atoms with van der Waals surface area (Å²) < 4.78 is 4.90. The summed E-state index contributed by atoms with van der Waals surface area (Å²) in [6.07, 6.45) is 2.65. The molecule has 0 saturated heterocycles. The van der Waals surface area contributed by atoms with E-state index in [1.807, 2.05) is 0 Å². The molecule has 0 fully saturated rings. The normalized spacial score (nSPS) is 12.2. The van der Waals surface area contributed by atoms with Crippen LogP contribution in [0, 0.1) is 0 Å². The summed E-state index contributed by atoms with van der Waals surface area (Å²) in [6, 6.07) is 14.2. The number of fused-ring (bicyclic) bond motifs is 1. The molecule has 0 spiro atoms. The van der Waals surface area contributed by atoms with Gasteiger partial charge in [-0.05, 0) is 37.0 Å². The number of nitrogens with one attached hydrogen (secondary N) is 1. The first-order chi connectivity index (χ1) is 15.0. The van der Waals surface area contributed by atoms with E-state index in [1.165, 1.54) is 42.7 Å². The molecule has 1 aromatic heterocycles. The van der Waals surface area contributed by atoms with Crippen LogP contribution in [0.5, 0.6) is 0 Å². The second-order valence-electron chi connectivity index (χ2n) is 7.11. The van der Waals surface area contributed by atoms with Crippen molar-refractivity contribution in [3.05, 3.63) is 87.3 Å². The number of esters is 1. The number of anilines is 1. The van der Waals surface area contributed by atoms with Crippen molar-refractivity contribution < 1.29 is 23.9 Å². The summed E-state index contributed by atoms with van der Waals surface area (Å²) in [6.45, 7) is 0. The van der Waals surface area contributed by atoms with Gasteiger partial charge >= 0.3 is 5.97 Å². The number of methoxy groups -OCH3 is 1. The third-order valence-corrected chi connectivity index (χ3v) is 6.40. The summed E-state index contributed by atoms with van der Waals surface area (Å²) in [5, 5.41) is 3.27. The Morgan fingerprint density at radius 1 is 0.839 bits per heavy atom. The molecule has 0 unspecified atom stereocenters. The van der Waals surface area contributed by atoms with Gasteiger partial charge in [0, 0.05) is 21.6 Å². The van der Waals surface area contributed by atoms with Gasteiger partial charge in [0.05, 0.1) is 12.7 Å². The molecule has 156 valence electrons. The molecule has 6 nitrogen and oxygen atoms in total. The van der Waals surface area contributed by atoms with Gasteiger partial charge in [0.15, 0.2) is 0 Å². The number of hydrogen-bond acceptors (Lipinski definition) is 6. The molecule has 4 rings (SSSR count). The van der Waals surface area contributed by atoms with Crippen LogP contribution in [0.25, 0.3) is 0 Å². The first kappa shape index (κ1) is 20.7. The van der Waals surface area contributed by atoms with Crippen LogP contribution >= 0.6 is 11.3 Å². The topological polar surface area (TPSA) is 89.5 Å². The third kappa shape index (κ3) is 4.04. The van der Waals surface area contributed by atoms with Crippen molar-refractivity contribution in [1.29, 1.82) is 0 Å². The van der Waals surface area contributed by atoms with Crippen molar-refractivity contribution in [1.82, 2.24) is 0 Å². The van der Waals surface area contributed by atoms with E-state index >= 15 is 0 Å². The van der Waals surface area contributed by atoms with Gasteiger partial charge in [-0.15, -0.1) is 11.3 Å². The molecule has 3 aromatic rings. The van der Waals surface area contributed by atoms with E-state index in [2.05, 4.69) is 5.32 Å². The average Bonchev–Trinajstić information content (AvgIpc) is 3.39. The zero-order chi connectivity index (χ0) is 22.0. The molecule has 0 radical (unpaired) electrons. The van der Waals surface area contributed by atoms with Crippen molar-refractivity contribution in [3.63, 3.8) is 0 Å². The average molecular weight is 433 g/mol. The number of amides is 1. The fourth-order valence-corrected chi connectivity index (χ4v) is 4.88. The Hall–Kier alpha value is -3.58. The van der Waals surface area contributed by atoms with Crippen LogP contribution < -0.4 is 5.32 Å². The molecular weight excluding hydrogens is 414 g/mol. The number of carbonyl (C=O) groups excluding carboxylic acids is 4. The Labute approximate surface area is 182 Å². The van der Waals surface area contributed by atoms with Crippen LogP contribution in [-0.4, -0.2) is 30.6 Å². The highest BCUT2D eigenvalue weighted by Crippen LogP contribution is 2.39. The van der Waals surface area contributed by atoms with Gasteiger partial charge in [-0.3, -0.25) is 14.4 Å². The fraction of sp³-hybridized carbons (Fsp3) is 0.167. The van der Waals surface area contributed by atoms with Crippen molar-refractivity contribution in [3.8, 4) is 0 Å². The number of ketones is 2. The smallest absolute Gasteiger partial charge is 0.341 e. The lowest BCUT2D eigenvalue weighted by Gasteiger charge is -2.08. The molecule has 0 aliphatic heterocycles. The zero-order valence-corrected chi connectivity index (χ0v) is 17.6. The lowest BCUT2D eigenvalue weighted by molar-refractivity contribution is 0.0601. The van der Waals surface area contributed by atoms with Crippen LogP contribution in [0.15, 0.2) is 54.6 Å². The van der Waals surface area contributed by atoms with Gasteiger partial charge in [-0.1, -0.05) is 42.5 Å². The highest BCUT2D eigenvalue weighted by molar-refractivity contribution is 7.17. The molecule has 0 bridgehead atoms. The Morgan fingerprint density at radius 3 is 2.10 bits per heavy atom. The maximum Gasteiger partial charge on any atom is 0.341 e. The minimum atomic E-state index is -0.638. The van der Waals surface area contributed by atoms with Gasteiger partial charge in [0.25, 0.3) is 5.91 Å².